The van der Waals surface area contributed by atoms with Crippen molar-refractivity contribution in [1.82, 2.24) is 14.8 Å². The minimum Gasteiger partial charge on any atom is -0.497 e. The fourth-order valence-electron chi connectivity index (χ4n) is 2.91. The van der Waals surface area contributed by atoms with Gasteiger partial charge >= 0.3 is 0 Å². The molecule has 0 radical (unpaired) electrons. The molecule has 0 aliphatic rings. The van der Waals surface area contributed by atoms with Crippen molar-refractivity contribution in [2.24, 2.45) is 0 Å². The number of hydrogen-bond acceptors (Lipinski definition) is 7. The van der Waals surface area contributed by atoms with E-state index in [2.05, 4.69) is 15.5 Å². The number of aromatic nitrogens is 3. The molecule has 3 aromatic rings. The van der Waals surface area contributed by atoms with E-state index < -0.39 is 0 Å². The summed E-state index contributed by atoms with van der Waals surface area (Å²) >= 11 is 1.33. The zero-order valence-corrected chi connectivity index (χ0v) is 18.9. The summed E-state index contributed by atoms with van der Waals surface area (Å²) in [5.41, 5.74) is 1.77. The highest BCUT2D eigenvalue weighted by atomic mass is 32.2. The van der Waals surface area contributed by atoms with Gasteiger partial charge in [-0.2, -0.15) is 0 Å². The molecule has 0 spiro atoms. The van der Waals surface area contributed by atoms with Crippen molar-refractivity contribution < 1.29 is 19.0 Å². The average molecular weight is 443 g/mol. The molecule has 0 unspecified atom stereocenters. The van der Waals surface area contributed by atoms with Crippen molar-refractivity contribution in [3.05, 3.63) is 53.9 Å². The predicted octanol–water partition coefficient (Wildman–Crippen LogP) is 3.93. The Hall–Kier alpha value is -3.20. The number of nitrogens with zero attached hydrogens (tertiary/aromatic N) is 3. The van der Waals surface area contributed by atoms with Crippen molar-refractivity contribution in [1.29, 1.82) is 0 Å². The maximum atomic E-state index is 12.3. The number of methoxy groups -OCH3 is 2. The summed E-state index contributed by atoms with van der Waals surface area (Å²) in [6.07, 6.45) is 0. The minimum atomic E-state index is -0.133. The molecule has 0 saturated heterocycles. The second kappa shape index (κ2) is 10.7. The number of rotatable bonds is 10. The lowest BCUT2D eigenvalue weighted by Gasteiger charge is -2.12. The van der Waals surface area contributed by atoms with E-state index in [-0.39, 0.29) is 18.3 Å². The van der Waals surface area contributed by atoms with Gasteiger partial charge in [-0.15, -0.1) is 10.2 Å². The summed E-state index contributed by atoms with van der Waals surface area (Å²) in [6.45, 7) is 4.90. The molecular formula is C22H26N4O4S. The van der Waals surface area contributed by atoms with Crippen molar-refractivity contribution in [3.63, 3.8) is 0 Å². The van der Waals surface area contributed by atoms with Crippen molar-refractivity contribution >= 4 is 23.4 Å². The molecule has 0 fully saturated rings. The third-order valence-electron chi connectivity index (χ3n) is 4.47. The third-order valence-corrected chi connectivity index (χ3v) is 5.44. The van der Waals surface area contributed by atoms with Crippen LogP contribution < -0.4 is 19.5 Å². The van der Waals surface area contributed by atoms with Crippen LogP contribution in [0.2, 0.25) is 0 Å². The lowest BCUT2D eigenvalue weighted by atomic mass is 10.2. The van der Waals surface area contributed by atoms with Crippen LogP contribution in [0.25, 0.3) is 0 Å². The molecule has 1 heterocycles. The van der Waals surface area contributed by atoms with Gasteiger partial charge < -0.3 is 24.1 Å². The highest BCUT2D eigenvalue weighted by Crippen LogP contribution is 2.28. The lowest BCUT2D eigenvalue weighted by molar-refractivity contribution is -0.113. The summed E-state index contributed by atoms with van der Waals surface area (Å²) < 4.78 is 18.4. The Morgan fingerprint density at radius 1 is 1.10 bits per heavy atom. The number of ether oxygens (including phenoxy) is 3. The van der Waals surface area contributed by atoms with E-state index in [1.54, 1.807) is 20.3 Å². The molecule has 0 aliphatic carbocycles. The Morgan fingerprint density at radius 3 is 2.68 bits per heavy atom. The molecule has 9 heteroatoms. The van der Waals surface area contributed by atoms with Crippen LogP contribution in [0.3, 0.4) is 0 Å². The SMILES string of the molecule is CCn1c(COc2ccc(C)cc2OC)nnc1SCC(=O)Nc1cccc(OC)c1. The van der Waals surface area contributed by atoms with Crippen LogP contribution in [-0.4, -0.2) is 40.6 Å². The second-order valence-electron chi connectivity index (χ2n) is 6.65. The van der Waals surface area contributed by atoms with Gasteiger partial charge in [-0.05, 0) is 43.7 Å². The monoisotopic (exact) mass is 442 g/mol. The molecule has 2 aromatic carbocycles. The first-order valence-corrected chi connectivity index (χ1v) is 10.8. The van der Waals surface area contributed by atoms with E-state index in [9.17, 15) is 4.79 Å². The molecule has 0 bridgehead atoms. The van der Waals surface area contributed by atoms with E-state index in [1.165, 1.54) is 11.8 Å². The van der Waals surface area contributed by atoms with Crippen molar-refractivity contribution in [2.75, 3.05) is 25.3 Å². The Kier molecular flexibility index (Phi) is 7.77. The Bertz CT molecular complexity index is 1040. The maximum Gasteiger partial charge on any atom is 0.234 e. The van der Waals surface area contributed by atoms with E-state index >= 15 is 0 Å². The van der Waals surface area contributed by atoms with Crippen molar-refractivity contribution in [3.8, 4) is 17.2 Å². The molecule has 3 rings (SSSR count). The van der Waals surface area contributed by atoms with Crippen LogP contribution >= 0.6 is 11.8 Å². The highest BCUT2D eigenvalue weighted by Gasteiger charge is 2.15. The zero-order valence-electron chi connectivity index (χ0n) is 18.0. The number of carbonyl (C=O) groups is 1. The highest BCUT2D eigenvalue weighted by molar-refractivity contribution is 7.99. The number of carbonyl (C=O) groups excluding carboxylic acids is 1. The Balaban J connectivity index is 1.60. The molecule has 0 atom stereocenters. The van der Waals surface area contributed by atoms with Crippen LogP contribution in [0.1, 0.15) is 18.3 Å². The van der Waals surface area contributed by atoms with Crippen molar-refractivity contribution in [2.45, 2.75) is 32.2 Å². The number of thioether (sulfide) groups is 1. The molecule has 1 N–H and O–H groups in total. The molecule has 31 heavy (non-hydrogen) atoms. The molecule has 0 saturated carbocycles. The van der Waals surface area contributed by atoms with Gasteiger partial charge in [-0.25, -0.2) is 0 Å². The summed E-state index contributed by atoms with van der Waals surface area (Å²) in [5, 5.41) is 12.0. The van der Waals surface area contributed by atoms with Gasteiger partial charge in [0.15, 0.2) is 22.5 Å². The number of anilines is 1. The van der Waals surface area contributed by atoms with E-state index in [1.807, 2.05) is 54.8 Å². The largest absolute Gasteiger partial charge is 0.497 e. The molecule has 8 nitrogen and oxygen atoms in total. The fraction of sp³-hybridized carbons (Fsp3) is 0.318. The van der Waals surface area contributed by atoms with E-state index in [0.717, 1.165) is 5.56 Å². The normalized spacial score (nSPS) is 10.6. The number of benzene rings is 2. The third kappa shape index (κ3) is 5.91. The number of amides is 1. The van der Waals surface area contributed by atoms with Crippen LogP contribution in [0.5, 0.6) is 17.2 Å². The fourth-order valence-corrected chi connectivity index (χ4v) is 3.74. The first kappa shape index (κ1) is 22.5. The summed E-state index contributed by atoms with van der Waals surface area (Å²) in [4.78, 5) is 12.3. The quantitative estimate of drug-likeness (QED) is 0.476. The Morgan fingerprint density at radius 2 is 1.94 bits per heavy atom. The summed E-state index contributed by atoms with van der Waals surface area (Å²) in [6, 6.07) is 13.0. The van der Waals surface area contributed by atoms with Crippen LogP contribution in [0, 0.1) is 6.92 Å². The molecule has 1 aromatic heterocycles. The van der Waals surface area contributed by atoms with E-state index in [0.29, 0.717) is 40.5 Å². The summed E-state index contributed by atoms with van der Waals surface area (Å²) in [7, 11) is 3.20. The number of aryl methyl sites for hydroxylation is 1. The smallest absolute Gasteiger partial charge is 0.234 e. The van der Waals surface area contributed by atoms with Crippen LogP contribution in [0.4, 0.5) is 5.69 Å². The van der Waals surface area contributed by atoms with Crippen LogP contribution in [0.15, 0.2) is 47.6 Å². The standard InChI is InChI=1S/C22H26N4O4S/c1-5-26-20(13-30-18-10-9-15(2)11-19(18)29-4)24-25-22(26)31-14-21(27)23-16-7-6-8-17(12-16)28-3/h6-12H,5,13-14H2,1-4H3,(H,23,27). The molecular weight excluding hydrogens is 416 g/mol. The summed E-state index contributed by atoms with van der Waals surface area (Å²) in [5.74, 6) is 2.76. The minimum absolute atomic E-state index is 0.133. The first-order valence-electron chi connectivity index (χ1n) is 9.80. The maximum absolute atomic E-state index is 12.3. The lowest BCUT2D eigenvalue weighted by Crippen LogP contribution is -2.15. The average Bonchev–Trinajstić information content (AvgIpc) is 3.18. The van der Waals surface area contributed by atoms with Gasteiger partial charge in [-0.1, -0.05) is 23.9 Å². The van der Waals surface area contributed by atoms with Crippen LogP contribution in [-0.2, 0) is 17.9 Å². The molecule has 164 valence electrons. The molecule has 0 aliphatic heterocycles. The number of hydrogen-bond donors (Lipinski definition) is 1. The van der Waals surface area contributed by atoms with Gasteiger partial charge in [0.1, 0.15) is 12.4 Å². The molecule has 1 amide bonds. The van der Waals surface area contributed by atoms with Gasteiger partial charge in [-0.3, -0.25) is 4.79 Å². The second-order valence-corrected chi connectivity index (χ2v) is 7.60. The first-order chi connectivity index (χ1) is 15.0. The van der Waals surface area contributed by atoms with E-state index in [4.69, 9.17) is 14.2 Å². The van der Waals surface area contributed by atoms with Gasteiger partial charge in [0.05, 0.1) is 20.0 Å². The zero-order chi connectivity index (χ0) is 22.2. The topological polar surface area (TPSA) is 87.5 Å². The predicted molar refractivity (Wildman–Crippen MR) is 120 cm³/mol. The Labute approximate surface area is 185 Å². The van der Waals surface area contributed by atoms with Gasteiger partial charge in [0.2, 0.25) is 5.91 Å². The number of nitrogens with one attached hydrogen (secondary N) is 1. The van der Waals surface area contributed by atoms with Gasteiger partial charge in [0, 0.05) is 18.3 Å². The van der Waals surface area contributed by atoms with Gasteiger partial charge in [0.25, 0.3) is 0 Å².